The molecule has 0 aliphatic rings. The number of carbonyl (C=O) groups is 1. The average molecular weight is 327 g/mol. The maximum absolute atomic E-state index is 12.4. The molecule has 0 saturated heterocycles. The number of nitrogens with one attached hydrogen (secondary N) is 1. The van der Waals surface area contributed by atoms with E-state index >= 15 is 0 Å². The summed E-state index contributed by atoms with van der Waals surface area (Å²) in [4.78, 5) is 12.4. The van der Waals surface area contributed by atoms with Gasteiger partial charge in [0.2, 0.25) is 5.91 Å². The number of hydrogen-bond donors (Lipinski definition) is 1. The predicted octanol–water partition coefficient (Wildman–Crippen LogP) is 3.76. The molecule has 2 aromatic rings. The minimum absolute atomic E-state index is 0.0427. The van der Waals surface area contributed by atoms with Gasteiger partial charge in [0.1, 0.15) is 0 Å². The fourth-order valence-electron chi connectivity index (χ4n) is 2.62. The molecule has 1 N–H and O–H groups in total. The number of rotatable bonds is 7. The van der Waals surface area contributed by atoms with Crippen molar-refractivity contribution in [3.8, 4) is 11.5 Å². The third kappa shape index (κ3) is 4.51. The number of methoxy groups -OCH3 is 2. The van der Waals surface area contributed by atoms with Crippen LogP contribution in [0.25, 0.3) is 0 Å². The van der Waals surface area contributed by atoms with E-state index in [9.17, 15) is 4.79 Å². The topological polar surface area (TPSA) is 47.6 Å². The van der Waals surface area contributed by atoms with Crippen LogP contribution in [0.15, 0.2) is 48.5 Å². The molecule has 1 amide bonds. The molecular formula is C20H25NO3. The van der Waals surface area contributed by atoms with Crippen molar-refractivity contribution < 1.29 is 14.3 Å². The Labute approximate surface area is 143 Å². The van der Waals surface area contributed by atoms with Crippen LogP contribution in [0.1, 0.15) is 31.0 Å². The first-order valence-corrected chi connectivity index (χ1v) is 8.11. The molecule has 0 aliphatic heterocycles. The molecule has 0 saturated carbocycles. The van der Waals surface area contributed by atoms with Crippen LogP contribution in [-0.4, -0.2) is 20.1 Å². The first-order valence-electron chi connectivity index (χ1n) is 8.11. The third-order valence-corrected chi connectivity index (χ3v) is 4.10. The van der Waals surface area contributed by atoms with Gasteiger partial charge < -0.3 is 14.8 Å². The summed E-state index contributed by atoms with van der Waals surface area (Å²) in [7, 11) is 3.21. The lowest BCUT2D eigenvalue weighted by Crippen LogP contribution is -2.32. The maximum Gasteiger partial charge on any atom is 0.223 e. The second-order valence-corrected chi connectivity index (χ2v) is 5.94. The van der Waals surface area contributed by atoms with Crippen molar-refractivity contribution in [3.63, 3.8) is 0 Å². The van der Waals surface area contributed by atoms with Crippen molar-refractivity contribution in [1.29, 1.82) is 0 Å². The normalized spacial score (nSPS) is 13.0. The quantitative estimate of drug-likeness (QED) is 0.842. The van der Waals surface area contributed by atoms with E-state index in [0.717, 1.165) is 12.0 Å². The molecule has 0 aromatic heterocycles. The Bertz CT molecular complexity index is 670. The molecule has 2 atom stereocenters. The molecule has 0 bridgehead atoms. The van der Waals surface area contributed by atoms with E-state index < -0.39 is 0 Å². The lowest BCUT2D eigenvalue weighted by Gasteiger charge is -2.19. The first kappa shape index (κ1) is 17.9. The molecular weight excluding hydrogens is 302 g/mol. The molecule has 0 aliphatic carbocycles. The van der Waals surface area contributed by atoms with E-state index in [-0.39, 0.29) is 17.9 Å². The first-order chi connectivity index (χ1) is 11.5. The second kappa shape index (κ2) is 8.39. The fraction of sp³-hybridized carbons (Fsp3) is 0.350. The van der Waals surface area contributed by atoms with Crippen LogP contribution < -0.4 is 14.8 Å². The number of amides is 1. The van der Waals surface area contributed by atoms with Crippen molar-refractivity contribution in [2.75, 3.05) is 14.2 Å². The Morgan fingerprint density at radius 1 is 1.00 bits per heavy atom. The van der Waals surface area contributed by atoms with Gasteiger partial charge in [-0.15, -0.1) is 0 Å². The molecule has 128 valence electrons. The second-order valence-electron chi connectivity index (χ2n) is 5.94. The highest BCUT2D eigenvalue weighted by Crippen LogP contribution is 2.30. The van der Waals surface area contributed by atoms with Crippen molar-refractivity contribution in [2.45, 2.75) is 26.3 Å². The summed E-state index contributed by atoms with van der Waals surface area (Å²) in [6, 6.07) is 15.6. The van der Waals surface area contributed by atoms with E-state index in [0.29, 0.717) is 11.5 Å². The van der Waals surface area contributed by atoms with Gasteiger partial charge in [0.15, 0.2) is 11.5 Å². The minimum Gasteiger partial charge on any atom is -0.493 e. The average Bonchev–Trinajstić information content (AvgIpc) is 2.61. The molecule has 0 spiro atoms. The van der Waals surface area contributed by atoms with E-state index in [2.05, 4.69) is 5.32 Å². The van der Waals surface area contributed by atoms with Crippen LogP contribution in [0.4, 0.5) is 0 Å². The monoisotopic (exact) mass is 327 g/mol. The van der Waals surface area contributed by atoms with Gasteiger partial charge in [0.25, 0.3) is 0 Å². The summed E-state index contributed by atoms with van der Waals surface area (Å²) in [5.74, 6) is 1.29. The molecule has 0 radical (unpaired) electrons. The molecule has 0 heterocycles. The lowest BCUT2D eigenvalue weighted by atomic mass is 9.99. The number of benzene rings is 2. The summed E-state index contributed by atoms with van der Waals surface area (Å²) in [6.45, 7) is 3.91. The standard InChI is InChI=1S/C20H25NO3/c1-14(12-16-8-6-5-7-9-16)20(22)21-15(2)17-10-11-18(23-3)19(13-17)24-4/h5-11,13-15H,12H2,1-4H3,(H,21,22)/t14-,15+/m0/s1. The largest absolute Gasteiger partial charge is 0.493 e. The molecule has 24 heavy (non-hydrogen) atoms. The molecule has 2 rings (SSSR count). The number of ether oxygens (including phenoxy) is 2. The predicted molar refractivity (Wildman–Crippen MR) is 95.4 cm³/mol. The number of hydrogen-bond acceptors (Lipinski definition) is 3. The Hall–Kier alpha value is -2.49. The van der Waals surface area contributed by atoms with E-state index in [1.54, 1.807) is 14.2 Å². The van der Waals surface area contributed by atoms with Crippen LogP contribution in [0.2, 0.25) is 0 Å². The highest BCUT2D eigenvalue weighted by atomic mass is 16.5. The van der Waals surface area contributed by atoms with Gasteiger partial charge in [-0.3, -0.25) is 4.79 Å². The van der Waals surface area contributed by atoms with E-state index in [1.165, 1.54) is 5.56 Å². The van der Waals surface area contributed by atoms with Crippen molar-refractivity contribution in [2.24, 2.45) is 5.92 Å². The van der Waals surface area contributed by atoms with Gasteiger partial charge in [-0.25, -0.2) is 0 Å². The molecule has 0 unspecified atom stereocenters. The van der Waals surface area contributed by atoms with Crippen LogP contribution in [-0.2, 0) is 11.2 Å². The van der Waals surface area contributed by atoms with Crippen LogP contribution in [0.3, 0.4) is 0 Å². The summed E-state index contributed by atoms with van der Waals surface area (Å²) >= 11 is 0. The van der Waals surface area contributed by atoms with Crippen molar-refractivity contribution >= 4 is 5.91 Å². The Kier molecular flexibility index (Phi) is 6.24. The van der Waals surface area contributed by atoms with Crippen molar-refractivity contribution in [1.82, 2.24) is 5.32 Å². The SMILES string of the molecule is COc1ccc([C@@H](C)NC(=O)[C@@H](C)Cc2ccccc2)cc1OC. The van der Waals surface area contributed by atoms with Gasteiger partial charge in [0, 0.05) is 5.92 Å². The van der Waals surface area contributed by atoms with Crippen molar-refractivity contribution in [3.05, 3.63) is 59.7 Å². The Morgan fingerprint density at radius 2 is 1.67 bits per heavy atom. The van der Waals surface area contributed by atoms with Gasteiger partial charge >= 0.3 is 0 Å². The Balaban J connectivity index is 2.00. The maximum atomic E-state index is 12.4. The van der Waals surface area contributed by atoms with Gasteiger partial charge in [-0.1, -0.05) is 43.3 Å². The molecule has 4 nitrogen and oxygen atoms in total. The van der Waals surface area contributed by atoms with Gasteiger partial charge in [0.05, 0.1) is 20.3 Å². The zero-order valence-corrected chi connectivity index (χ0v) is 14.7. The highest BCUT2D eigenvalue weighted by Gasteiger charge is 2.17. The zero-order valence-electron chi connectivity index (χ0n) is 14.7. The molecule has 0 fully saturated rings. The smallest absolute Gasteiger partial charge is 0.223 e. The summed E-state index contributed by atoms with van der Waals surface area (Å²) < 4.78 is 10.6. The minimum atomic E-state index is -0.101. The lowest BCUT2D eigenvalue weighted by molar-refractivity contribution is -0.125. The van der Waals surface area contributed by atoms with Crippen LogP contribution >= 0.6 is 0 Å². The van der Waals surface area contributed by atoms with E-state index in [1.807, 2.05) is 62.4 Å². The van der Waals surface area contributed by atoms with Gasteiger partial charge in [-0.2, -0.15) is 0 Å². The van der Waals surface area contributed by atoms with E-state index in [4.69, 9.17) is 9.47 Å². The summed E-state index contributed by atoms with van der Waals surface area (Å²) in [6.07, 6.45) is 0.728. The third-order valence-electron chi connectivity index (χ3n) is 4.10. The van der Waals surface area contributed by atoms with Gasteiger partial charge in [-0.05, 0) is 36.6 Å². The van der Waals surface area contributed by atoms with Crippen LogP contribution in [0.5, 0.6) is 11.5 Å². The summed E-state index contributed by atoms with van der Waals surface area (Å²) in [5.41, 5.74) is 2.15. The number of carbonyl (C=O) groups excluding carboxylic acids is 1. The zero-order chi connectivity index (χ0) is 17.5. The highest BCUT2D eigenvalue weighted by molar-refractivity contribution is 5.79. The molecule has 4 heteroatoms. The fourth-order valence-corrected chi connectivity index (χ4v) is 2.62. The van der Waals surface area contributed by atoms with Crippen LogP contribution in [0, 0.1) is 5.92 Å². The Morgan fingerprint density at radius 3 is 2.29 bits per heavy atom. The molecule has 2 aromatic carbocycles. The summed E-state index contributed by atoms with van der Waals surface area (Å²) in [5, 5.41) is 3.07.